The van der Waals surface area contributed by atoms with E-state index in [2.05, 4.69) is 38.7 Å². The number of carbonyl (C=O) groups is 1. The summed E-state index contributed by atoms with van der Waals surface area (Å²) in [6.45, 7) is 5.81. The molecule has 0 spiro atoms. The molecule has 0 unspecified atom stereocenters. The minimum atomic E-state index is -0.558. The molecule has 0 saturated heterocycles. The van der Waals surface area contributed by atoms with Gasteiger partial charge in [-0.3, -0.25) is 15.3 Å². The molecule has 4 aromatic heterocycles. The molecule has 2 N–H and O–H groups in total. The molecule has 0 aliphatic rings. The third-order valence-corrected chi connectivity index (χ3v) is 6.73. The Balaban J connectivity index is 1.28. The van der Waals surface area contributed by atoms with E-state index in [0.717, 1.165) is 26.4 Å². The monoisotopic (exact) mass is 503 g/mol. The number of carbonyl (C=O) groups excluding carboxylic acids is 1. The number of nitrogens with one attached hydrogen (secondary N) is 2. The Bertz CT molecular complexity index is 1580. The van der Waals surface area contributed by atoms with Crippen molar-refractivity contribution in [1.82, 2.24) is 15.1 Å². The summed E-state index contributed by atoms with van der Waals surface area (Å²) in [5.41, 5.74) is 4.62. The van der Waals surface area contributed by atoms with Gasteiger partial charge >= 0.3 is 6.03 Å². The van der Waals surface area contributed by atoms with E-state index in [-0.39, 0.29) is 12.4 Å². The molecular formula is C26H22FN5O3S. The van der Waals surface area contributed by atoms with Crippen LogP contribution in [0.3, 0.4) is 0 Å². The van der Waals surface area contributed by atoms with Gasteiger partial charge in [0.15, 0.2) is 5.82 Å². The molecule has 8 nitrogen and oxygen atoms in total. The van der Waals surface area contributed by atoms with Crippen LogP contribution in [0.15, 0.2) is 59.4 Å². The number of thiophene rings is 1. The van der Waals surface area contributed by atoms with E-state index in [1.54, 1.807) is 37.4 Å². The maximum absolute atomic E-state index is 14.7. The van der Waals surface area contributed by atoms with Gasteiger partial charge in [-0.25, -0.2) is 9.18 Å². The summed E-state index contributed by atoms with van der Waals surface area (Å²) in [4.78, 5) is 22.1. The van der Waals surface area contributed by atoms with Crippen LogP contribution in [-0.4, -0.2) is 21.2 Å². The molecule has 0 fully saturated rings. The van der Waals surface area contributed by atoms with Crippen molar-refractivity contribution in [3.8, 4) is 16.3 Å². The van der Waals surface area contributed by atoms with Crippen molar-refractivity contribution in [1.29, 1.82) is 0 Å². The summed E-state index contributed by atoms with van der Waals surface area (Å²) >= 11 is 1.53. The van der Waals surface area contributed by atoms with Crippen molar-refractivity contribution in [3.63, 3.8) is 0 Å². The zero-order chi connectivity index (χ0) is 25.2. The van der Waals surface area contributed by atoms with Crippen LogP contribution < -0.4 is 15.4 Å². The summed E-state index contributed by atoms with van der Waals surface area (Å²) in [5, 5.41) is 8.77. The van der Waals surface area contributed by atoms with Gasteiger partial charge < -0.3 is 14.6 Å². The number of hydrogen-bond donors (Lipinski definition) is 2. The van der Waals surface area contributed by atoms with E-state index in [1.165, 1.54) is 23.0 Å². The average molecular weight is 504 g/mol. The largest absolute Gasteiger partial charge is 0.487 e. The van der Waals surface area contributed by atoms with Gasteiger partial charge in [0.25, 0.3) is 0 Å². The minimum absolute atomic E-state index is 0.0186. The minimum Gasteiger partial charge on any atom is -0.487 e. The molecule has 0 radical (unpaired) electrons. The Morgan fingerprint density at radius 1 is 1.06 bits per heavy atom. The molecule has 36 heavy (non-hydrogen) atoms. The molecule has 5 rings (SSSR count). The zero-order valence-electron chi connectivity index (χ0n) is 19.8. The molecular weight excluding hydrogens is 481 g/mol. The molecule has 0 saturated carbocycles. The van der Waals surface area contributed by atoms with E-state index >= 15 is 0 Å². The smallest absolute Gasteiger partial charge is 0.324 e. The summed E-state index contributed by atoms with van der Waals surface area (Å²) in [6, 6.07) is 11.2. The molecule has 0 bridgehead atoms. The van der Waals surface area contributed by atoms with Crippen molar-refractivity contribution in [2.75, 3.05) is 10.6 Å². The summed E-state index contributed by atoms with van der Waals surface area (Å²) < 4.78 is 26.5. The fourth-order valence-electron chi connectivity index (χ4n) is 3.52. The zero-order valence-corrected chi connectivity index (χ0v) is 20.6. The van der Waals surface area contributed by atoms with E-state index in [1.807, 2.05) is 19.2 Å². The highest BCUT2D eigenvalue weighted by Gasteiger charge is 2.13. The summed E-state index contributed by atoms with van der Waals surface area (Å²) in [6.07, 6.45) is 3.53. The molecule has 1 aromatic carbocycles. The van der Waals surface area contributed by atoms with Gasteiger partial charge in [0.05, 0.1) is 20.8 Å². The SMILES string of the molecule is Cc1cc(NC(=O)Nc2ccc(COc3ccnc4cc(-c5cc(C)c(C)cn5)sc34)c(F)c2)no1. The highest BCUT2D eigenvalue weighted by atomic mass is 32.1. The summed E-state index contributed by atoms with van der Waals surface area (Å²) in [7, 11) is 0. The van der Waals surface area contributed by atoms with Gasteiger partial charge in [-0.2, -0.15) is 0 Å². The number of halogens is 1. The van der Waals surface area contributed by atoms with Crippen molar-refractivity contribution in [3.05, 3.63) is 83.1 Å². The Hall–Kier alpha value is -4.31. The Kier molecular flexibility index (Phi) is 6.34. The Morgan fingerprint density at radius 2 is 1.92 bits per heavy atom. The standard InChI is InChI=1S/C26H22FN5O3S/c1-14-8-20(29-12-15(14)2)23-11-21-25(36-23)22(6-7-28-21)34-13-17-4-5-18(10-19(17)27)30-26(33)31-24-9-16(3)35-32-24/h4-12H,13H2,1-3H3,(H2,30,31,32,33). The number of hydrogen-bond acceptors (Lipinski definition) is 7. The molecule has 0 atom stereocenters. The first-order valence-electron chi connectivity index (χ1n) is 11.1. The lowest BCUT2D eigenvalue weighted by Gasteiger charge is -2.10. The number of nitrogens with zero attached hydrogens (tertiary/aromatic N) is 3. The normalized spacial score (nSPS) is 11.0. The predicted molar refractivity (Wildman–Crippen MR) is 137 cm³/mol. The van der Waals surface area contributed by atoms with Crippen LogP contribution in [0, 0.1) is 26.6 Å². The van der Waals surface area contributed by atoms with E-state index < -0.39 is 11.8 Å². The van der Waals surface area contributed by atoms with Gasteiger partial charge in [0, 0.05) is 29.7 Å². The van der Waals surface area contributed by atoms with Gasteiger partial charge in [-0.15, -0.1) is 11.3 Å². The molecule has 0 aliphatic heterocycles. The quantitative estimate of drug-likeness (QED) is 0.270. The number of aryl methyl sites for hydroxylation is 3. The second-order valence-electron chi connectivity index (χ2n) is 8.28. The second kappa shape index (κ2) is 9.74. The van der Waals surface area contributed by atoms with Crippen LogP contribution in [0.5, 0.6) is 5.75 Å². The number of amides is 2. The van der Waals surface area contributed by atoms with Crippen LogP contribution in [0.25, 0.3) is 20.8 Å². The van der Waals surface area contributed by atoms with Crippen LogP contribution in [-0.2, 0) is 6.61 Å². The third kappa shape index (κ3) is 5.03. The molecule has 5 aromatic rings. The number of anilines is 2. The maximum Gasteiger partial charge on any atom is 0.324 e. The van der Waals surface area contributed by atoms with Crippen molar-refractivity contribution in [2.45, 2.75) is 27.4 Å². The summed E-state index contributed by atoms with van der Waals surface area (Å²) in [5.74, 6) is 0.947. The van der Waals surface area contributed by atoms with Crippen LogP contribution in [0.4, 0.5) is 20.7 Å². The number of benzene rings is 1. The number of urea groups is 1. The van der Waals surface area contributed by atoms with Crippen molar-refractivity contribution >= 4 is 39.1 Å². The van der Waals surface area contributed by atoms with Gasteiger partial charge in [0.1, 0.15) is 23.9 Å². The average Bonchev–Trinajstić information content (AvgIpc) is 3.46. The topological polar surface area (TPSA) is 102 Å². The van der Waals surface area contributed by atoms with Crippen molar-refractivity contribution in [2.24, 2.45) is 0 Å². The highest BCUT2D eigenvalue weighted by molar-refractivity contribution is 7.22. The van der Waals surface area contributed by atoms with Gasteiger partial charge in [0.2, 0.25) is 0 Å². The van der Waals surface area contributed by atoms with E-state index in [9.17, 15) is 9.18 Å². The van der Waals surface area contributed by atoms with E-state index in [4.69, 9.17) is 9.26 Å². The lowest BCUT2D eigenvalue weighted by atomic mass is 10.1. The first-order valence-corrected chi connectivity index (χ1v) is 11.9. The third-order valence-electron chi connectivity index (χ3n) is 5.56. The molecule has 2 amide bonds. The number of pyridine rings is 2. The number of fused-ring (bicyclic) bond motifs is 1. The number of rotatable bonds is 6. The van der Waals surface area contributed by atoms with E-state index in [0.29, 0.717) is 22.8 Å². The lowest BCUT2D eigenvalue weighted by Crippen LogP contribution is -2.19. The molecule has 4 heterocycles. The van der Waals surface area contributed by atoms with Gasteiger partial charge in [-0.05, 0) is 62.2 Å². The lowest BCUT2D eigenvalue weighted by molar-refractivity contribution is 0.262. The first-order chi connectivity index (χ1) is 17.4. The second-order valence-corrected chi connectivity index (χ2v) is 9.34. The molecule has 182 valence electrons. The maximum atomic E-state index is 14.7. The Labute approximate surface area is 210 Å². The highest BCUT2D eigenvalue weighted by Crippen LogP contribution is 2.37. The Morgan fingerprint density at radius 3 is 2.67 bits per heavy atom. The fraction of sp³-hybridized carbons (Fsp3) is 0.154. The number of aromatic nitrogens is 3. The van der Waals surface area contributed by atoms with Crippen LogP contribution >= 0.6 is 11.3 Å². The predicted octanol–water partition coefficient (Wildman–Crippen LogP) is 6.63. The fourth-order valence-corrected chi connectivity index (χ4v) is 4.57. The van der Waals surface area contributed by atoms with Crippen LogP contribution in [0.2, 0.25) is 0 Å². The van der Waals surface area contributed by atoms with Crippen molar-refractivity contribution < 1.29 is 18.4 Å². The molecule has 10 heteroatoms. The molecule has 0 aliphatic carbocycles. The van der Waals surface area contributed by atoms with Crippen LogP contribution in [0.1, 0.15) is 22.5 Å². The number of ether oxygens (including phenoxy) is 1. The van der Waals surface area contributed by atoms with Gasteiger partial charge in [-0.1, -0.05) is 11.2 Å². The first kappa shape index (κ1) is 23.4.